The highest BCUT2D eigenvalue weighted by Gasteiger charge is 2.15. The molecule has 1 N–H and O–H groups in total. The van der Waals surface area contributed by atoms with Gasteiger partial charge in [-0.1, -0.05) is 33.1 Å². The van der Waals surface area contributed by atoms with Crippen molar-refractivity contribution in [1.29, 1.82) is 0 Å². The van der Waals surface area contributed by atoms with Crippen LogP contribution in [-0.2, 0) is 4.74 Å². The molecular weight excluding hydrogens is 210 g/mol. The van der Waals surface area contributed by atoms with Crippen molar-refractivity contribution in [1.82, 2.24) is 5.32 Å². The number of rotatable bonds is 10. The van der Waals surface area contributed by atoms with Crippen molar-refractivity contribution in [2.75, 3.05) is 13.2 Å². The Morgan fingerprint density at radius 3 is 2.65 bits per heavy atom. The average molecular weight is 241 g/mol. The molecule has 0 bridgehead atoms. The maximum Gasteiger partial charge on any atom is 0.0576 e. The first kappa shape index (κ1) is 15.0. The molecule has 1 aliphatic heterocycles. The molecule has 0 radical (unpaired) electrons. The molecule has 1 aliphatic rings. The van der Waals surface area contributed by atoms with E-state index in [2.05, 4.69) is 19.2 Å². The summed E-state index contributed by atoms with van der Waals surface area (Å²) in [5, 5.41) is 3.63. The molecule has 0 aromatic rings. The molecule has 0 aromatic heterocycles. The molecule has 1 heterocycles. The first-order valence-corrected chi connectivity index (χ1v) is 7.71. The van der Waals surface area contributed by atoms with E-state index in [1.807, 2.05) is 0 Å². The second-order valence-electron chi connectivity index (χ2n) is 5.32. The van der Waals surface area contributed by atoms with E-state index in [9.17, 15) is 0 Å². The van der Waals surface area contributed by atoms with Gasteiger partial charge in [0.2, 0.25) is 0 Å². The maximum absolute atomic E-state index is 5.67. The zero-order valence-electron chi connectivity index (χ0n) is 11.8. The molecule has 1 fully saturated rings. The van der Waals surface area contributed by atoms with Gasteiger partial charge in [-0.25, -0.2) is 0 Å². The van der Waals surface area contributed by atoms with Crippen LogP contribution in [0, 0.1) is 0 Å². The van der Waals surface area contributed by atoms with Crippen molar-refractivity contribution in [2.45, 2.75) is 83.8 Å². The third-order valence-corrected chi connectivity index (χ3v) is 3.75. The smallest absolute Gasteiger partial charge is 0.0576 e. The van der Waals surface area contributed by atoms with Crippen LogP contribution in [0.25, 0.3) is 0 Å². The van der Waals surface area contributed by atoms with E-state index in [0.717, 1.165) is 19.2 Å². The summed E-state index contributed by atoms with van der Waals surface area (Å²) in [6.45, 7) is 6.60. The van der Waals surface area contributed by atoms with Gasteiger partial charge in [0.1, 0.15) is 0 Å². The SMILES string of the molecule is CCCCCC(CCCC1CCCO1)NCC. The van der Waals surface area contributed by atoms with Crippen LogP contribution in [0.5, 0.6) is 0 Å². The number of nitrogens with one attached hydrogen (secondary N) is 1. The van der Waals surface area contributed by atoms with Crippen molar-refractivity contribution in [3.63, 3.8) is 0 Å². The Morgan fingerprint density at radius 1 is 1.18 bits per heavy atom. The van der Waals surface area contributed by atoms with E-state index in [0.29, 0.717) is 6.10 Å². The van der Waals surface area contributed by atoms with Crippen molar-refractivity contribution >= 4 is 0 Å². The van der Waals surface area contributed by atoms with E-state index < -0.39 is 0 Å². The average Bonchev–Trinajstić information content (AvgIpc) is 2.82. The van der Waals surface area contributed by atoms with Crippen LogP contribution in [0.4, 0.5) is 0 Å². The van der Waals surface area contributed by atoms with Gasteiger partial charge in [-0.15, -0.1) is 0 Å². The molecule has 2 heteroatoms. The molecule has 2 nitrogen and oxygen atoms in total. The number of hydrogen-bond donors (Lipinski definition) is 1. The standard InChI is InChI=1S/C15H31NO/c1-3-5-6-9-14(16-4-2)10-7-11-15-12-8-13-17-15/h14-16H,3-13H2,1-2H3. The van der Waals surface area contributed by atoms with Crippen LogP contribution >= 0.6 is 0 Å². The summed E-state index contributed by atoms with van der Waals surface area (Å²) in [5.41, 5.74) is 0. The number of ether oxygens (including phenoxy) is 1. The summed E-state index contributed by atoms with van der Waals surface area (Å²) < 4.78 is 5.67. The predicted octanol–water partition coefficient (Wildman–Crippen LogP) is 3.89. The van der Waals surface area contributed by atoms with Gasteiger partial charge in [-0.3, -0.25) is 0 Å². The maximum atomic E-state index is 5.67. The van der Waals surface area contributed by atoms with Gasteiger partial charge in [0.25, 0.3) is 0 Å². The zero-order valence-corrected chi connectivity index (χ0v) is 11.8. The number of hydrogen-bond acceptors (Lipinski definition) is 2. The summed E-state index contributed by atoms with van der Waals surface area (Å²) in [6, 6.07) is 0.743. The molecule has 1 saturated heterocycles. The first-order valence-electron chi connectivity index (χ1n) is 7.71. The van der Waals surface area contributed by atoms with Crippen molar-refractivity contribution in [3.05, 3.63) is 0 Å². The van der Waals surface area contributed by atoms with Gasteiger partial charge in [0, 0.05) is 12.6 Å². The largest absolute Gasteiger partial charge is 0.378 e. The van der Waals surface area contributed by atoms with Crippen molar-refractivity contribution < 1.29 is 4.74 Å². The Morgan fingerprint density at radius 2 is 2.00 bits per heavy atom. The highest BCUT2D eigenvalue weighted by molar-refractivity contribution is 4.70. The lowest BCUT2D eigenvalue weighted by Gasteiger charge is -2.18. The first-order chi connectivity index (χ1) is 8.36. The lowest BCUT2D eigenvalue weighted by Crippen LogP contribution is -2.29. The molecule has 0 saturated carbocycles. The summed E-state index contributed by atoms with van der Waals surface area (Å²) >= 11 is 0. The Bertz CT molecular complexity index is 166. The van der Waals surface area contributed by atoms with Crippen LogP contribution < -0.4 is 5.32 Å². The van der Waals surface area contributed by atoms with E-state index in [1.165, 1.54) is 57.8 Å². The highest BCUT2D eigenvalue weighted by atomic mass is 16.5. The molecule has 2 unspecified atom stereocenters. The highest BCUT2D eigenvalue weighted by Crippen LogP contribution is 2.19. The molecule has 1 rings (SSSR count). The molecule has 17 heavy (non-hydrogen) atoms. The minimum atomic E-state index is 0.577. The molecule has 0 aliphatic carbocycles. The molecule has 102 valence electrons. The van der Waals surface area contributed by atoms with E-state index in [4.69, 9.17) is 4.74 Å². The zero-order chi connectivity index (χ0) is 12.3. The summed E-state index contributed by atoms with van der Waals surface area (Å²) in [7, 11) is 0. The van der Waals surface area contributed by atoms with Crippen molar-refractivity contribution in [2.24, 2.45) is 0 Å². The third-order valence-electron chi connectivity index (χ3n) is 3.75. The molecule has 0 amide bonds. The molecular formula is C15H31NO. The number of unbranched alkanes of at least 4 members (excludes halogenated alkanes) is 2. The lowest BCUT2D eigenvalue weighted by molar-refractivity contribution is 0.101. The van der Waals surface area contributed by atoms with Crippen LogP contribution in [0.3, 0.4) is 0 Å². The van der Waals surface area contributed by atoms with E-state index in [-0.39, 0.29) is 0 Å². The third kappa shape index (κ3) is 7.05. The second kappa shape index (κ2) is 9.90. The Kier molecular flexibility index (Phi) is 8.72. The molecule has 0 spiro atoms. The fourth-order valence-electron chi connectivity index (χ4n) is 2.74. The predicted molar refractivity (Wildman–Crippen MR) is 74.4 cm³/mol. The van der Waals surface area contributed by atoms with Gasteiger partial charge in [-0.2, -0.15) is 0 Å². The normalized spacial score (nSPS) is 21.9. The van der Waals surface area contributed by atoms with Crippen molar-refractivity contribution in [3.8, 4) is 0 Å². The van der Waals surface area contributed by atoms with E-state index in [1.54, 1.807) is 0 Å². The van der Waals surface area contributed by atoms with Gasteiger partial charge in [-0.05, 0) is 45.1 Å². The Balaban J connectivity index is 2.05. The lowest BCUT2D eigenvalue weighted by atomic mass is 10.0. The van der Waals surface area contributed by atoms with Gasteiger partial charge in [0.15, 0.2) is 0 Å². The van der Waals surface area contributed by atoms with Gasteiger partial charge < -0.3 is 10.1 Å². The van der Waals surface area contributed by atoms with E-state index >= 15 is 0 Å². The summed E-state index contributed by atoms with van der Waals surface area (Å²) in [5.74, 6) is 0. The monoisotopic (exact) mass is 241 g/mol. The van der Waals surface area contributed by atoms with Gasteiger partial charge in [0.05, 0.1) is 6.10 Å². The quantitative estimate of drug-likeness (QED) is 0.586. The molecule has 2 atom stereocenters. The minimum absolute atomic E-state index is 0.577. The van der Waals surface area contributed by atoms with Crippen LogP contribution in [0.2, 0.25) is 0 Å². The second-order valence-corrected chi connectivity index (χ2v) is 5.32. The Hall–Kier alpha value is -0.0800. The fourth-order valence-corrected chi connectivity index (χ4v) is 2.74. The van der Waals surface area contributed by atoms with Crippen LogP contribution in [-0.4, -0.2) is 25.3 Å². The van der Waals surface area contributed by atoms with Gasteiger partial charge >= 0.3 is 0 Å². The van der Waals surface area contributed by atoms with Crippen LogP contribution in [0.15, 0.2) is 0 Å². The summed E-state index contributed by atoms with van der Waals surface area (Å²) in [4.78, 5) is 0. The topological polar surface area (TPSA) is 21.3 Å². The van der Waals surface area contributed by atoms with Crippen LogP contribution in [0.1, 0.15) is 71.6 Å². The Labute approximate surface area is 108 Å². The summed E-state index contributed by atoms with van der Waals surface area (Å²) in [6.07, 6.45) is 12.5. The fraction of sp³-hybridized carbons (Fsp3) is 1.00. The molecule has 0 aromatic carbocycles. The minimum Gasteiger partial charge on any atom is -0.378 e.